The van der Waals surface area contributed by atoms with E-state index in [9.17, 15) is 21.6 Å². The van der Waals surface area contributed by atoms with Crippen LogP contribution in [0.3, 0.4) is 0 Å². The van der Waals surface area contributed by atoms with Crippen LogP contribution in [0.15, 0.2) is 58.7 Å². The van der Waals surface area contributed by atoms with Crippen molar-refractivity contribution >= 4 is 31.7 Å². The summed E-state index contributed by atoms with van der Waals surface area (Å²) in [5.74, 6) is 0. The maximum Gasteiger partial charge on any atom is 0.412 e. The van der Waals surface area contributed by atoms with Crippen LogP contribution in [0.25, 0.3) is 21.7 Å². The van der Waals surface area contributed by atoms with Crippen LogP contribution in [-0.2, 0) is 10.0 Å². The van der Waals surface area contributed by atoms with E-state index in [1.807, 2.05) is 37.3 Å². The van der Waals surface area contributed by atoms with Crippen molar-refractivity contribution in [3.8, 4) is 0 Å². The zero-order valence-electron chi connectivity index (χ0n) is 15.7. The molecule has 2 aromatic carbocycles. The van der Waals surface area contributed by atoms with Gasteiger partial charge in [-0.15, -0.1) is 0 Å². The van der Waals surface area contributed by atoms with Crippen molar-refractivity contribution in [2.75, 3.05) is 4.83 Å². The van der Waals surface area contributed by atoms with Crippen LogP contribution in [0, 0.1) is 6.92 Å². The summed E-state index contributed by atoms with van der Waals surface area (Å²) in [5, 5.41) is 6.52. The first-order valence-electron chi connectivity index (χ1n) is 8.94. The predicted octanol–water partition coefficient (Wildman–Crippen LogP) is 4.93. The molecule has 1 aliphatic carbocycles. The van der Waals surface area contributed by atoms with Crippen molar-refractivity contribution in [3.05, 3.63) is 64.2 Å². The molecule has 0 saturated heterocycles. The second-order valence-corrected chi connectivity index (χ2v) is 8.82. The number of hydrogen-bond donors (Lipinski definition) is 1. The highest BCUT2D eigenvalue weighted by atomic mass is 32.2. The van der Waals surface area contributed by atoms with Gasteiger partial charge in [-0.05, 0) is 44.2 Å². The fourth-order valence-electron chi connectivity index (χ4n) is 3.51. The highest BCUT2D eigenvalue weighted by Crippen LogP contribution is 2.36. The third kappa shape index (κ3) is 3.50. The summed E-state index contributed by atoms with van der Waals surface area (Å²) in [6, 6.07) is 9.50. The Hall–Kier alpha value is -2.81. The molecule has 0 amide bonds. The second-order valence-electron chi connectivity index (χ2n) is 7.19. The quantitative estimate of drug-likeness (QED) is 0.652. The number of benzene rings is 2. The minimum Gasteiger partial charge on any atom is -0.200 e. The van der Waals surface area contributed by atoms with Gasteiger partial charge in [0.1, 0.15) is 5.52 Å². The fourth-order valence-corrected chi connectivity index (χ4v) is 4.84. The van der Waals surface area contributed by atoms with E-state index in [0.717, 1.165) is 27.2 Å². The monoisotopic (exact) mass is 421 g/mol. The molecule has 0 bridgehead atoms. The molecule has 0 radical (unpaired) electrons. The Morgan fingerprint density at radius 1 is 1.07 bits per heavy atom. The van der Waals surface area contributed by atoms with E-state index in [2.05, 4.69) is 9.93 Å². The van der Waals surface area contributed by atoms with E-state index in [1.165, 1.54) is 13.1 Å². The number of allylic oxidation sites excluding steroid dienone is 3. The molecule has 1 N–H and O–H groups in total. The van der Waals surface area contributed by atoms with Crippen LogP contribution >= 0.6 is 0 Å². The maximum absolute atomic E-state index is 13.1. The summed E-state index contributed by atoms with van der Waals surface area (Å²) < 4.78 is 65.2. The number of nitrogens with zero attached hydrogens (tertiary/aromatic N) is 2. The van der Waals surface area contributed by atoms with E-state index in [0.29, 0.717) is 16.5 Å². The molecule has 3 aromatic rings. The molecule has 0 saturated carbocycles. The molecule has 0 spiro atoms. The number of aromatic nitrogens is 2. The van der Waals surface area contributed by atoms with Gasteiger partial charge in [-0.25, -0.2) is 0 Å². The standard InChI is InChI=1S/C20H18F3N3O2S/c1-12-3-5-14-6-7-15-11-24-26(19(15)17(14)9-12)25-29(27,28)18-10-16(20(21,22)23)8-4-13(18)2/h3,5-7,9-11,25H,4,8H2,1-2H3. The van der Waals surface area contributed by atoms with Crippen LogP contribution in [0.4, 0.5) is 13.2 Å². The van der Waals surface area contributed by atoms with Gasteiger partial charge in [0, 0.05) is 16.3 Å². The maximum atomic E-state index is 13.1. The summed E-state index contributed by atoms with van der Waals surface area (Å²) in [4.78, 5) is 3.08. The SMILES string of the molecule is CC1=C(S(=O)(=O)Nn2ncc3ccc4ccc(C)cc4c32)C=C(C(F)(F)F)CC1. The Bertz CT molecular complexity index is 1300. The van der Waals surface area contributed by atoms with Gasteiger partial charge in [0.25, 0.3) is 10.0 Å². The van der Waals surface area contributed by atoms with Crippen molar-refractivity contribution in [1.82, 2.24) is 9.89 Å². The van der Waals surface area contributed by atoms with Crippen molar-refractivity contribution in [3.63, 3.8) is 0 Å². The third-order valence-corrected chi connectivity index (χ3v) is 6.52. The first-order chi connectivity index (χ1) is 13.6. The van der Waals surface area contributed by atoms with Crippen LogP contribution in [0.2, 0.25) is 0 Å². The normalized spacial score (nSPS) is 15.8. The van der Waals surface area contributed by atoms with Crippen LogP contribution < -0.4 is 4.83 Å². The van der Waals surface area contributed by atoms with Gasteiger partial charge in [0.15, 0.2) is 0 Å². The highest BCUT2D eigenvalue weighted by molar-refractivity contribution is 7.96. The lowest BCUT2D eigenvalue weighted by Gasteiger charge is -2.20. The van der Waals surface area contributed by atoms with Gasteiger partial charge in [0.05, 0.1) is 11.1 Å². The molecule has 1 heterocycles. The molecule has 5 nitrogen and oxygen atoms in total. The topological polar surface area (TPSA) is 64.0 Å². The lowest BCUT2D eigenvalue weighted by atomic mass is 9.99. The lowest BCUT2D eigenvalue weighted by molar-refractivity contribution is -0.0941. The summed E-state index contributed by atoms with van der Waals surface area (Å²) in [7, 11) is -4.27. The Morgan fingerprint density at radius 2 is 1.76 bits per heavy atom. The zero-order valence-corrected chi connectivity index (χ0v) is 16.5. The summed E-state index contributed by atoms with van der Waals surface area (Å²) >= 11 is 0. The van der Waals surface area contributed by atoms with Gasteiger partial charge in [-0.1, -0.05) is 35.4 Å². The molecule has 29 heavy (non-hydrogen) atoms. The van der Waals surface area contributed by atoms with Gasteiger partial charge >= 0.3 is 6.18 Å². The third-order valence-electron chi connectivity index (χ3n) is 5.06. The predicted molar refractivity (Wildman–Crippen MR) is 106 cm³/mol. The molecule has 9 heteroatoms. The Morgan fingerprint density at radius 3 is 2.48 bits per heavy atom. The van der Waals surface area contributed by atoms with E-state index in [-0.39, 0.29) is 17.7 Å². The zero-order chi connectivity index (χ0) is 21.0. The average molecular weight is 421 g/mol. The van der Waals surface area contributed by atoms with Gasteiger partial charge in [0.2, 0.25) is 0 Å². The number of nitrogens with one attached hydrogen (secondary N) is 1. The van der Waals surface area contributed by atoms with Gasteiger partial charge in [-0.2, -0.15) is 36.3 Å². The Balaban J connectivity index is 1.82. The minimum absolute atomic E-state index is 0.0313. The first kappa shape index (κ1) is 19.5. The van der Waals surface area contributed by atoms with Crippen LogP contribution in [0.5, 0.6) is 0 Å². The highest BCUT2D eigenvalue weighted by Gasteiger charge is 2.37. The molecule has 1 aliphatic rings. The van der Waals surface area contributed by atoms with Crippen LogP contribution in [-0.4, -0.2) is 24.5 Å². The number of rotatable bonds is 3. The minimum atomic E-state index is -4.56. The number of hydrogen-bond acceptors (Lipinski definition) is 3. The van der Waals surface area contributed by atoms with E-state index in [1.54, 1.807) is 0 Å². The number of fused-ring (bicyclic) bond motifs is 3. The second kappa shape index (κ2) is 6.62. The van der Waals surface area contributed by atoms with Crippen molar-refractivity contribution in [2.24, 2.45) is 0 Å². The largest absolute Gasteiger partial charge is 0.412 e. The van der Waals surface area contributed by atoms with Gasteiger partial charge < -0.3 is 0 Å². The number of aryl methyl sites for hydroxylation is 1. The Kier molecular flexibility index (Phi) is 4.45. The molecule has 0 atom stereocenters. The molecule has 0 aliphatic heterocycles. The number of halogens is 3. The van der Waals surface area contributed by atoms with Gasteiger partial charge in [-0.3, -0.25) is 0 Å². The summed E-state index contributed by atoms with van der Waals surface area (Å²) in [5.41, 5.74) is 1.06. The molecule has 1 aromatic heterocycles. The van der Waals surface area contributed by atoms with Crippen LogP contribution in [0.1, 0.15) is 25.3 Å². The summed E-state index contributed by atoms with van der Waals surface area (Å²) in [6.45, 7) is 3.45. The summed E-state index contributed by atoms with van der Waals surface area (Å²) in [6.07, 6.45) is -2.53. The smallest absolute Gasteiger partial charge is 0.200 e. The molecule has 0 fully saturated rings. The number of sulfonamides is 1. The first-order valence-corrected chi connectivity index (χ1v) is 10.4. The average Bonchev–Trinajstić information content (AvgIpc) is 3.03. The lowest BCUT2D eigenvalue weighted by Crippen LogP contribution is -2.27. The van der Waals surface area contributed by atoms with E-state index in [4.69, 9.17) is 0 Å². The van der Waals surface area contributed by atoms with E-state index < -0.39 is 21.8 Å². The van der Waals surface area contributed by atoms with Crippen molar-refractivity contribution in [2.45, 2.75) is 32.9 Å². The molecule has 0 unspecified atom stereocenters. The van der Waals surface area contributed by atoms with Crippen molar-refractivity contribution < 1.29 is 21.6 Å². The fraction of sp³-hybridized carbons (Fsp3) is 0.250. The van der Waals surface area contributed by atoms with Crippen molar-refractivity contribution in [1.29, 1.82) is 0 Å². The van der Waals surface area contributed by atoms with E-state index >= 15 is 0 Å². The molecule has 152 valence electrons. The molecular weight excluding hydrogens is 403 g/mol. The molecular formula is C20H18F3N3O2S. The molecule has 4 rings (SSSR count). The Labute approximate surface area is 165 Å². The number of alkyl halides is 3.